The van der Waals surface area contributed by atoms with E-state index in [1.165, 1.54) is 25.7 Å². The highest BCUT2D eigenvalue weighted by atomic mass is 16.3. The van der Waals surface area contributed by atoms with Gasteiger partial charge in [0.25, 0.3) is 0 Å². The third-order valence-electron chi connectivity index (χ3n) is 5.00. The van der Waals surface area contributed by atoms with E-state index in [4.69, 9.17) is 0 Å². The molecule has 1 N–H and O–H groups in total. The lowest BCUT2D eigenvalue weighted by molar-refractivity contribution is 0.0723. The lowest BCUT2D eigenvalue weighted by atomic mass is 9.76. The highest BCUT2D eigenvalue weighted by molar-refractivity contribution is 5.79. The standard InChI is InChI=1S/C19H25NO/c1-2-4-14-6-8-15(9-7-14)19(21)17-10-11-18-16(13-17)5-3-12-20-18/h3,5,10-15,19,21H,2,4,6-9H2,1H3. The zero-order chi connectivity index (χ0) is 14.7. The van der Waals surface area contributed by atoms with E-state index in [0.29, 0.717) is 5.92 Å². The fourth-order valence-corrected chi connectivity index (χ4v) is 3.75. The molecular weight excluding hydrogens is 258 g/mol. The Balaban J connectivity index is 1.70. The Morgan fingerprint density at radius 3 is 2.76 bits per heavy atom. The summed E-state index contributed by atoms with van der Waals surface area (Å²) in [6.45, 7) is 2.27. The van der Waals surface area contributed by atoms with E-state index >= 15 is 0 Å². The molecule has 0 saturated heterocycles. The third kappa shape index (κ3) is 3.26. The highest BCUT2D eigenvalue weighted by Crippen LogP contribution is 2.38. The fourth-order valence-electron chi connectivity index (χ4n) is 3.75. The van der Waals surface area contributed by atoms with Crippen molar-refractivity contribution in [2.75, 3.05) is 0 Å². The normalized spacial score (nSPS) is 24.1. The summed E-state index contributed by atoms with van der Waals surface area (Å²) in [6, 6.07) is 10.2. The van der Waals surface area contributed by atoms with Crippen molar-refractivity contribution in [3.8, 4) is 0 Å². The molecule has 1 aromatic carbocycles. The summed E-state index contributed by atoms with van der Waals surface area (Å²) in [5.41, 5.74) is 2.05. The van der Waals surface area contributed by atoms with E-state index in [-0.39, 0.29) is 6.10 Å². The molecule has 112 valence electrons. The van der Waals surface area contributed by atoms with Gasteiger partial charge in [0.1, 0.15) is 0 Å². The predicted octanol–water partition coefficient (Wildman–Crippen LogP) is 4.87. The Kier molecular flexibility index (Phi) is 4.54. The zero-order valence-electron chi connectivity index (χ0n) is 12.8. The molecule has 0 aliphatic heterocycles. The van der Waals surface area contributed by atoms with Gasteiger partial charge in [0, 0.05) is 11.6 Å². The Labute approximate surface area is 127 Å². The van der Waals surface area contributed by atoms with Gasteiger partial charge >= 0.3 is 0 Å². The molecule has 3 rings (SSSR count). The maximum atomic E-state index is 10.7. The van der Waals surface area contributed by atoms with Gasteiger partial charge in [0.05, 0.1) is 11.6 Å². The summed E-state index contributed by atoms with van der Waals surface area (Å²) >= 11 is 0. The molecule has 1 atom stereocenters. The quantitative estimate of drug-likeness (QED) is 0.868. The number of rotatable bonds is 4. The molecule has 0 radical (unpaired) electrons. The summed E-state index contributed by atoms with van der Waals surface area (Å²) in [5, 5.41) is 11.8. The molecule has 1 heterocycles. The molecule has 0 bridgehead atoms. The average Bonchev–Trinajstić information content (AvgIpc) is 2.55. The first kappa shape index (κ1) is 14.5. The van der Waals surface area contributed by atoms with Gasteiger partial charge < -0.3 is 5.11 Å². The van der Waals surface area contributed by atoms with Crippen molar-refractivity contribution in [2.24, 2.45) is 11.8 Å². The minimum atomic E-state index is -0.322. The van der Waals surface area contributed by atoms with Crippen LogP contribution in [0.2, 0.25) is 0 Å². The van der Waals surface area contributed by atoms with Crippen molar-refractivity contribution in [3.63, 3.8) is 0 Å². The van der Waals surface area contributed by atoms with Gasteiger partial charge in [0.15, 0.2) is 0 Å². The average molecular weight is 283 g/mol. The Hall–Kier alpha value is -1.41. The third-order valence-corrected chi connectivity index (χ3v) is 5.00. The van der Waals surface area contributed by atoms with E-state index in [1.54, 1.807) is 0 Å². The van der Waals surface area contributed by atoms with Crippen molar-refractivity contribution in [2.45, 2.75) is 51.6 Å². The summed E-state index contributed by atoms with van der Waals surface area (Å²) in [4.78, 5) is 4.34. The number of hydrogen-bond donors (Lipinski definition) is 1. The molecule has 1 aliphatic rings. The molecule has 2 nitrogen and oxygen atoms in total. The highest BCUT2D eigenvalue weighted by Gasteiger charge is 2.27. The van der Waals surface area contributed by atoms with E-state index < -0.39 is 0 Å². The van der Waals surface area contributed by atoms with Gasteiger partial charge in [-0.25, -0.2) is 0 Å². The van der Waals surface area contributed by atoms with Gasteiger partial charge in [0.2, 0.25) is 0 Å². The zero-order valence-corrected chi connectivity index (χ0v) is 12.8. The van der Waals surface area contributed by atoms with Crippen LogP contribution >= 0.6 is 0 Å². The number of aromatic nitrogens is 1. The van der Waals surface area contributed by atoms with Crippen LogP contribution in [0.15, 0.2) is 36.5 Å². The van der Waals surface area contributed by atoms with Crippen LogP contribution in [-0.2, 0) is 0 Å². The molecule has 1 aliphatic carbocycles. The number of nitrogens with zero attached hydrogens (tertiary/aromatic N) is 1. The molecule has 0 spiro atoms. The van der Waals surface area contributed by atoms with Gasteiger partial charge in [-0.3, -0.25) is 4.98 Å². The van der Waals surface area contributed by atoms with E-state index in [2.05, 4.69) is 24.0 Å². The smallest absolute Gasteiger partial charge is 0.0818 e. The molecule has 1 saturated carbocycles. The topological polar surface area (TPSA) is 33.1 Å². The van der Waals surface area contributed by atoms with Gasteiger partial charge in [-0.2, -0.15) is 0 Å². The molecular formula is C19H25NO. The van der Waals surface area contributed by atoms with Crippen LogP contribution in [0.1, 0.15) is 57.1 Å². The summed E-state index contributed by atoms with van der Waals surface area (Å²) in [6.07, 6.45) is 9.02. The predicted molar refractivity (Wildman–Crippen MR) is 87.1 cm³/mol. The van der Waals surface area contributed by atoms with E-state index in [1.807, 2.05) is 24.4 Å². The maximum absolute atomic E-state index is 10.7. The number of hydrogen-bond acceptors (Lipinski definition) is 2. The monoisotopic (exact) mass is 283 g/mol. The van der Waals surface area contributed by atoms with Gasteiger partial charge in [-0.05, 0) is 48.4 Å². The fraction of sp³-hybridized carbons (Fsp3) is 0.526. The number of pyridine rings is 1. The number of aliphatic hydroxyl groups excluding tert-OH is 1. The van der Waals surface area contributed by atoms with Crippen molar-refractivity contribution < 1.29 is 5.11 Å². The number of aliphatic hydroxyl groups is 1. The molecule has 2 heteroatoms. The Bertz CT molecular complexity index is 587. The minimum absolute atomic E-state index is 0.322. The molecule has 1 unspecified atom stereocenters. The summed E-state index contributed by atoms with van der Waals surface area (Å²) in [5.74, 6) is 1.31. The molecule has 0 amide bonds. The molecule has 21 heavy (non-hydrogen) atoms. The van der Waals surface area contributed by atoms with Crippen LogP contribution in [0.25, 0.3) is 10.9 Å². The molecule has 2 aromatic rings. The van der Waals surface area contributed by atoms with Crippen molar-refractivity contribution in [1.82, 2.24) is 4.98 Å². The Morgan fingerprint density at radius 2 is 2.00 bits per heavy atom. The number of fused-ring (bicyclic) bond motifs is 1. The maximum Gasteiger partial charge on any atom is 0.0818 e. The van der Waals surface area contributed by atoms with Crippen molar-refractivity contribution >= 4 is 10.9 Å². The van der Waals surface area contributed by atoms with Crippen LogP contribution in [-0.4, -0.2) is 10.1 Å². The first-order chi connectivity index (χ1) is 10.3. The minimum Gasteiger partial charge on any atom is -0.388 e. The summed E-state index contributed by atoms with van der Waals surface area (Å²) < 4.78 is 0. The van der Waals surface area contributed by atoms with Crippen molar-refractivity contribution in [3.05, 3.63) is 42.1 Å². The SMILES string of the molecule is CCCC1CCC(C(O)c2ccc3ncccc3c2)CC1. The Morgan fingerprint density at radius 1 is 1.19 bits per heavy atom. The largest absolute Gasteiger partial charge is 0.388 e. The molecule has 1 aromatic heterocycles. The number of benzene rings is 1. The second kappa shape index (κ2) is 6.57. The lowest BCUT2D eigenvalue weighted by Gasteiger charge is -2.31. The van der Waals surface area contributed by atoms with Crippen LogP contribution in [0.5, 0.6) is 0 Å². The van der Waals surface area contributed by atoms with Crippen LogP contribution < -0.4 is 0 Å². The second-order valence-corrected chi connectivity index (χ2v) is 6.47. The van der Waals surface area contributed by atoms with Crippen molar-refractivity contribution in [1.29, 1.82) is 0 Å². The van der Waals surface area contributed by atoms with Gasteiger partial charge in [-0.15, -0.1) is 0 Å². The van der Waals surface area contributed by atoms with Crippen LogP contribution in [0.3, 0.4) is 0 Å². The van der Waals surface area contributed by atoms with Crippen LogP contribution in [0, 0.1) is 11.8 Å². The van der Waals surface area contributed by atoms with E-state index in [0.717, 1.165) is 35.2 Å². The first-order valence-corrected chi connectivity index (χ1v) is 8.30. The van der Waals surface area contributed by atoms with E-state index in [9.17, 15) is 5.11 Å². The lowest BCUT2D eigenvalue weighted by Crippen LogP contribution is -2.20. The van der Waals surface area contributed by atoms with Gasteiger partial charge in [-0.1, -0.05) is 44.7 Å². The molecule has 1 fully saturated rings. The second-order valence-electron chi connectivity index (χ2n) is 6.47. The summed E-state index contributed by atoms with van der Waals surface area (Å²) in [7, 11) is 0. The first-order valence-electron chi connectivity index (χ1n) is 8.30. The van der Waals surface area contributed by atoms with Crippen LogP contribution in [0.4, 0.5) is 0 Å².